The Hall–Kier alpha value is -3.40. The molecule has 1 amide bonds. The summed E-state index contributed by atoms with van der Waals surface area (Å²) in [5.41, 5.74) is -0.325. The molecule has 1 aliphatic carbocycles. The van der Waals surface area contributed by atoms with Crippen LogP contribution in [0.25, 0.3) is 11.5 Å². The lowest BCUT2D eigenvalue weighted by Crippen LogP contribution is -2.19. The van der Waals surface area contributed by atoms with Crippen LogP contribution in [-0.4, -0.2) is 33.1 Å². The van der Waals surface area contributed by atoms with Gasteiger partial charge in [0.05, 0.1) is 18.0 Å². The number of benzene rings is 1. The Balaban J connectivity index is 1.51. The normalized spacial score (nSPS) is 18.7. The lowest BCUT2D eigenvalue weighted by Gasteiger charge is -2.13. The van der Waals surface area contributed by atoms with Crippen molar-refractivity contribution in [3.8, 4) is 11.5 Å². The summed E-state index contributed by atoms with van der Waals surface area (Å²) in [5.74, 6) is -2.27. The number of amides is 1. The quantitative estimate of drug-likeness (QED) is 0.555. The molecule has 0 radical (unpaired) electrons. The first-order chi connectivity index (χ1) is 14.8. The second-order valence-corrected chi connectivity index (χ2v) is 7.25. The standard InChI is InChI=1S/C21H19F3N4O3/c22-21(23,24)18-17(28-20(31-18)12-4-2-1-3-5-12)19(30)27-14-7-9-16(25-11-14)26-13-6-8-15(29)10-13/h1-5,7,9,11,13,15,29H,6,8,10H2,(H,25,26)(H,27,30)/t13-,15-/m1/s1. The lowest BCUT2D eigenvalue weighted by molar-refractivity contribution is -0.153. The number of aromatic nitrogens is 2. The fourth-order valence-electron chi connectivity index (χ4n) is 3.41. The van der Waals surface area contributed by atoms with Crippen LogP contribution in [0, 0.1) is 0 Å². The molecule has 162 valence electrons. The minimum absolute atomic E-state index is 0.101. The molecule has 0 saturated heterocycles. The predicted octanol–water partition coefficient (Wildman–Crippen LogP) is 4.33. The van der Waals surface area contributed by atoms with Crippen molar-refractivity contribution in [3.05, 3.63) is 60.1 Å². The summed E-state index contributed by atoms with van der Waals surface area (Å²) in [4.78, 5) is 20.5. The van der Waals surface area contributed by atoms with Gasteiger partial charge in [-0.05, 0) is 43.5 Å². The number of rotatable bonds is 5. The number of halogens is 3. The molecule has 0 bridgehead atoms. The minimum Gasteiger partial charge on any atom is -0.431 e. The number of aliphatic hydroxyl groups is 1. The Labute approximate surface area is 175 Å². The van der Waals surface area contributed by atoms with Gasteiger partial charge in [-0.25, -0.2) is 9.97 Å². The number of carbonyl (C=O) groups is 1. The fraction of sp³-hybridized carbons (Fsp3) is 0.286. The van der Waals surface area contributed by atoms with Gasteiger partial charge in [-0.1, -0.05) is 18.2 Å². The highest BCUT2D eigenvalue weighted by molar-refractivity contribution is 6.04. The van der Waals surface area contributed by atoms with E-state index in [4.69, 9.17) is 4.42 Å². The lowest BCUT2D eigenvalue weighted by atomic mass is 10.2. The summed E-state index contributed by atoms with van der Waals surface area (Å²) >= 11 is 0. The van der Waals surface area contributed by atoms with Crippen molar-refractivity contribution in [2.45, 2.75) is 37.6 Å². The molecule has 7 nitrogen and oxygen atoms in total. The van der Waals surface area contributed by atoms with Gasteiger partial charge in [0.25, 0.3) is 5.91 Å². The number of anilines is 2. The first kappa shape index (κ1) is 20.9. The van der Waals surface area contributed by atoms with E-state index < -0.39 is 23.5 Å². The molecule has 4 rings (SSSR count). The Bertz CT molecular complexity index is 1050. The monoisotopic (exact) mass is 432 g/mol. The highest BCUT2D eigenvalue weighted by Crippen LogP contribution is 2.35. The number of alkyl halides is 3. The average molecular weight is 432 g/mol. The van der Waals surface area contributed by atoms with Gasteiger partial charge in [-0.3, -0.25) is 4.79 Å². The average Bonchev–Trinajstić information content (AvgIpc) is 3.37. The van der Waals surface area contributed by atoms with Crippen molar-refractivity contribution in [1.82, 2.24) is 9.97 Å². The minimum atomic E-state index is -4.88. The summed E-state index contributed by atoms with van der Waals surface area (Å²) in [6.07, 6.45) is -1.73. The van der Waals surface area contributed by atoms with Gasteiger partial charge in [0.15, 0.2) is 5.69 Å². The molecule has 0 spiro atoms. The molecule has 3 aromatic rings. The first-order valence-corrected chi connectivity index (χ1v) is 9.65. The molecule has 1 saturated carbocycles. The third-order valence-corrected chi connectivity index (χ3v) is 4.90. The molecule has 2 atom stereocenters. The maximum Gasteiger partial charge on any atom is 0.452 e. The van der Waals surface area contributed by atoms with Gasteiger partial charge in [0.1, 0.15) is 5.82 Å². The van der Waals surface area contributed by atoms with Crippen molar-refractivity contribution in [2.75, 3.05) is 10.6 Å². The number of hydrogen-bond donors (Lipinski definition) is 3. The Morgan fingerprint density at radius 3 is 2.52 bits per heavy atom. The Morgan fingerprint density at radius 1 is 1.13 bits per heavy atom. The highest BCUT2D eigenvalue weighted by Gasteiger charge is 2.42. The molecule has 1 fully saturated rings. The molecule has 2 aromatic heterocycles. The first-order valence-electron chi connectivity index (χ1n) is 9.65. The maximum absolute atomic E-state index is 13.4. The third-order valence-electron chi connectivity index (χ3n) is 4.90. The summed E-state index contributed by atoms with van der Waals surface area (Å²) in [6, 6.07) is 11.2. The molecule has 0 aliphatic heterocycles. The number of nitrogens with one attached hydrogen (secondary N) is 2. The molecule has 10 heteroatoms. The van der Waals surface area contributed by atoms with Crippen LogP contribution in [0.3, 0.4) is 0 Å². The van der Waals surface area contributed by atoms with Crippen LogP contribution in [-0.2, 0) is 6.18 Å². The zero-order valence-corrected chi connectivity index (χ0v) is 16.2. The van der Waals surface area contributed by atoms with Gasteiger partial charge in [-0.15, -0.1) is 0 Å². The predicted molar refractivity (Wildman–Crippen MR) is 106 cm³/mol. The number of hydrogen-bond acceptors (Lipinski definition) is 6. The van der Waals surface area contributed by atoms with Crippen molar-refractivity contribution in [1.29, 1.82) is 0 Å². The van der Waals surface area contributed by atoms with Crippen LogP contribution in [0.4, 0.5) is 24.7 Å². The number of carbonyl (C=O) groups excluding carboxylic acids is 1. The van der Waals surface area contributed by atoms with Crippen LogP contribution in [0.2, 0.25) is 0 Å². The second-order valence-electron chi connectivity index (χ2n) is 7.25. The molecule has 0 unspecified atom stereocenters. The van der Waals surface area contributed by atoms with Crippen molar-refractivity contribution >= 4 is 17.4 Å². The summed E-state index contributed by atoms with van der Waals surface area (Å²) in [6.45, 7) is 0. The SMILES string of the molecule is O=C(Nc1ccc(N[C@@H]2CC[C@@H](O)C2)nc1)c1nc(-c2ccccc2)oc1C(F)(F)F. The largest absolute Gasteiger partial charge is 0.452 e. The maximum atomic E-state index is 13.4. The van der Waals surface area contributed by atoms with Crippen LogP contribution in [0.15, 0.2) is 53.1 Å². The number of aliphatic hydroxyl groups excluding tert-OH is 1. The summed E-state index contributed by atoms with van der Waals surface area (Å²) in [5, 5.41) is 15.1. The molecular weight excluding hydrogens is 413 g/mol. The summed E-state index contributed by atoms with van der Waals surface area (Å²) in [7, 11) is 0. The molecule has 1 aliphatic rings. The topological polar surface area (TPSA) is 100 Å². The summed E-state index contributed by atoms with van der Waals surface area (Å²) < 4.78 is 45.1. The second kappa shape index (κ2) is 8.38. The molecule has 2 heterocycles. The number of oxazole rings is 1. The zero-order valence-electron chi connectivity index (χ0n) is 16.2. The van der Waals surface area contributed by atoms with Crippen molar-refractivity contribution < 1.29 is 27.5 Å². The van der Waals surface area contributed by atoms with Crippen LogP contribution < -0.4 is 10.6 Å². The van der Waals surface area contributed by atoms with Gasteiger partial charge in [0.2, 0.25) is 11.7 Å². The molecule has 1 aromatic carbocycles. The molecule has 31 heavy (non-hydrogen) atoms. The van der Waals surface area contributed by atoms with E-state index in [1.54, 1.807) is 24.3 Å². The van der Waals surface area contributed by atoms with Crippen LogP contribution >= 0.6 is 0 Å². The van der Waals surface area contributed by atoms with Gasteiger partial charge in [-0.2, -0.15) is 13.2 Å². The number of nitrogens with zero attached hydrogens (tertiary/aromatic N) is 2. The molecular formula is C21H19F3N4O3. The van der Waals surface area contributed by atoms with Crippen LogP contribution in [0.5, 0.6) is 0 Å². The Kier molecular flexibility index (Phi) is 5.64. The van der Waals surface area contributed by atoms with E-state index in [1.807, 2.05) is 0 Å². The van der Waals surface area contributed by atoms with E-state index in [-0.39, 0.29) is 23.7 Å². The van der Waals surface area contributed by atoms with Gasteiger partial charge in [0, 0.05) is 11.6 Å². The zero-order chi connectivity index (χ0) is 22.0. The van der Waals surface area contributed by atoms with Crippen LogP contribution in [0.1, 0.15) is 35.5 Å². The van der Waals surface area contributed by atoms with E-state index in [9.17, 15) is 23.1 Å². The van der Waals surface area contributed by atoms with E-state index in [1.165, 1.54) is 24.4 Å². The third kappa shape index (κ3) is 4.85. The number of pyridine rings is 1. The van der Waals surface area contributed by atoms with E-state index >= 15 is 0 Å². The van der Waals surface area contributed by atoms with E-state index in [0.717, 1.165) is 12.8 Å². The molecule has 3 N–H and O–H groups in total. The Morgan fingerprint density at radius 2 is 1.90 bits per heavy atom. The van der Waals surface area contributed by atoms with E-state index in [2.05, 4.69) is 20.6 Å². The highest BCUT2D eigenvalue weighted by atomic mass is 19.4. The fourth-order valence-corrected chi connectivity index (χ4v) is 3.41. The smallest absolute Gasteiger partial charge is 0.431 e. The van der Waals surface area contributed by atoms with Crippen molar-refractivity contribution in [3.63, 3.8) is 0 Å². The van der Waals surface area contributed by atoms with Gasteiger partial charge >= 0.3 is 6.18 Å². The van der Waals surface area contributed by atoms with Crippen molar-refractivity contribution in [2.24, 2.45) is 0 Å². The van der Waals surface area contributed by atoms with Gasteiger partial charge < -0.3 is 20.2 Å². The van der Waals surface area contributed by atoms with E-state index in [0.29, 0.717) is 17.8 Å².